The van der Waals surface area contributed by atoms with Crippen molar-refractivity contribution in [2.45, 2.75) is 19.8 Å². The summed E-state index contributed by atoms with van der Waals surface area (Å²) < 4.78 is 5.19. The second-order valence-corrected chi connectivity index (χ2v) is 3.17. The van der Waals surface area contributed by atoms with Crippen molar-refractivity contribution in [1.29, 1.82) is 0 Å². The molecule has 0 unspecified atom stereocenters. The number of aromatic nitrogens is 2. The minimum atomic E-state index is -0.125. The minimum absolute atomic E-state index is 0.125. The number of nitrogens with zero attached hydrogens (tertiary/aromatic N) is 1. The lowest BCUT2D eigenvalue weighted by molar-refractivity contribution is 0.149. The van der Waals surface area contributed by atoms with Gasteiger partial charge in [0.2, 0.25) is 0 Å². The first kappa shape index (κ1) is 11.9. The summed E-state index contributed by atoms with van der Waals surface area (Å²) >= 11 is 0. The number of rotatable bonds is 6. The number of hydrogen-bond acceptors (Lipinski definition) is 4. The summed E-state index contributed by atoms with van der Waals surface area (Å²) in [6.45, 7) is 3.68. The van der Waals surface area contributed by atoms with Crippen LogP contribution in [0.3, 0.4) is 0 Å². The normalized spacial score (nSPS) is 10.5. The van der Waals surface area contributed by atoms with Crippen molar-refractivity contribution in [3.05, 3.63) is 27.9 Å². The molecule has 3 N–H and O–H groups in total. The van der Waals surface area contributed by atoms with Gasteiger partial charge in [-0.1, -0.05) is 0 Å². The fourth-order valence-electron chi connectivity index (χ4n) is 1.27. The van der Waals surface area contributed by atoms with E-state index in [-0.39, 0.29) is 5.56 Å². The fourth-order valence-corrected chi connectivity index (χ4v) is 1.27. The van der Waals surface area contributed by atoms with Crippen LogP contribution < -0.4 is 11.3 Å². The van der Waals surface area contributed by atoms with Crippen molar-refractivity contribution in [2.24, 2.45) is 5.73 Å². The first-order valence-corrected chi connectivity index (χ1v) is 5.13. The molecule has 15 heavy (non-hydrogen) atoms. The van der Waals surface area contributed by atoms with Crippen molar-refractivity contribution in [3.8, 4) is 0 Å². The summed E-state index contributed by atoms with van der Waals surface area (Å²) in [5.41, 5.74) is 6.02. The topological polar surface area (TPSA) is 81.0 Å². The highest BCUT2D eigenvalue weighted by molar-refractivity contribution is 5.03. The summed E-state index contributed by atoms with van der Waals surface area (Å²) in [5, 5.41) is 0. The standard InChI is InChI=1S/C10H17N3O2/c1-2-15-6-4-9-12-8(3-5-11)7-10(14)13-9/h7H,2-6,11H2,1H3,(H,12,13,14). The molecule has 1 aromatic rings. The van der Waals surface area contributed by atoms with Crippen LogP contribution in [0.2, 0.25) is 0 Å². The Morgan fingerprint density at radius 2 is 2.33 bits per heavy atom. The van der Waals surface area contributed by atoms with Gasteiger partial charge in [-0.3, -0.25) is 4.79 Å². The van der Waals surface area contributed by atoms with Gasteiger partial charge in [-0.2, -0.15) is 0 Å². The van der Waals surface area contributed by atoms with E-state index in [0.29, 0.717) is 38.4 Å². The van der Waals surface area contributed by atoms with Crippen LogP contribution in [-0.2, 0) is 17.6 Å². The lowest BCUT2D eigenvalue weighted by Crippen LogP contribution is -2.16. The molecule has 0 amide bonds. The molecular formula is C10H17N3O2. The summed E-state index contributed by atoms with van der Waals surface area (Å²) in [5.74, 6) is 0.666. The van der Waals surface area contributed by atoms with Crippen LogP contribution in [0.15, 0.2) is 10.9 Å². The molecule has 1 rings (SSSR count). The van der Waals surface area contributed by atoms with Crippen LogP contribution in [0.4, 0.5) is 0 Å². The molecule has 1 heterocycles. The lowest BCUT2D eigenvalue weighted by atomic mass is 10.3. The maximum Gasteiger partial charge on any atom is 0.251 e. The van der Waals surface area contributed by atoms with Crippen LogP contribution >= 0.6 is 0 Å². The predicted molar refractivity (Wildman–Crippen MR) is 57.8 cm³/mol. The van der Waals surface area contributed by atoms with Gasteiger partial charge in [-0.25, -0.2) is 4.98 Å². The number of nitrogens with two attached hydrogens (primary N) is 1. The van der Waals surface area contributed by atoms with Gasteiger partial charge in [0, 0.05) is 31.2 Å². The fraction of sp³-hybridized carbons (Fsp3) is 0.600. The number of aromatic amines is 1. The van der Waals surface area contributed by atoms with Gasteiger partial charge in [0.05, 0.1) is 6.61 Å². The van der Waals surface area contributed by atoms with Crippen molar-refractivity contribution < 1.29 is 4.74 Å². The van der Waals surface area contributed by atoms with Crippen LogP contribution in [-0.4, -0.2) is 29.7 Å². The van der Waals surface area contributed by atoms with Gasteiger partial charge in [0.25, 0.3) is 5.56 Å². The molecular weight excluding hydrogens is 194 g/mol. The molecule has 0 radical (unpaired) electrons. The number of ether oxygens (including phenoxy) is 1. The molecule has 0 aromatic carbocycles. The highest BCUT2D eigenvalue weighted by atomic mass is 16.5. The Morgan fingerprint density at radius 1 is 1.53 bits per heavy atom. The summed E-state index contributed by atoms with van der Waals surface area (Å²) in [6.07, 6.45) is 1.26. The summed E-state index contributed by atoms with van der Waals surface area (Å²) in [7, 11) is 0. The maximum absolute atomic E-state index is 11.2. The third-order valence-electron chi connectivity index (χ3n) is 1.93. The molecule has 0 bridgehead atoms. The van der Waals surface area contributed by atoms with E-state index in [0.717, 1.165) is 5.69 Å². The Hall–Kier alpha value is -1.20. The molecule has 1 aromatic heterocycles. The lowest BCUT2D eigenvalue weighted by Gasteiger charge is -2.03. The monoisotopic (exact) mass is 211 g/mol. The Bertz CT molecular complexity index is 349. The van der Waals surface area contributed by atoms with Gasteiger partial charge in [-0.05, 0) is 13.5 Å². The smallest absolute Gasteiger partial charge is 0.251 e. The van der Waals surface area contributed by atoms with Crippen LogP contribution in [0, 0.1) is 0 Å². The second-order valence-electron chi connectivity index (χ2n) is 3.17. The van der Waals surface area contributed by atoms with Crippen molar-refractivity contribution in [3.63, 3.8) is 0 Å². The molecule has 0 aliphatic carbocycles. The zero-order chi connectivity index (χ0) is 11.1. The largest absolute Gasteiger partial charge is 0.381 e. The average Bonchev–Trinajstić information content (AvgIpc) is 2.18. The average molecular weight is 211 g/mol. The Kier molecular flexibility index (Phi) is 5.00. The van der Waals surface area contributed by atoms with Crippen molar-refractivity contribution in [1.82, 2.24) is 9.97 Å². The molecule has 0 aliphatic heterocycles. The molecule has 84 valence electrons. The number of nitrogens with one attached hydrogen (secondary N) is 1. The van der Waals surface area contributed by atoms with Gasteiger partial charge in [0.15, 0.2) is 0 Å². The van der Waals surface area contributed by atoms with Crippen molar-refractivity contribution >= 4 is 0 Å². The van der Waals surface area contributed by atoms with E-state index >= 15 is 0 Å². The first-order valence-electron chi connectivity index (χ1n) is 5.13. The third kappa shape index (κ3) is 4.22. The van der Waals surface area contributed by atoms with Gasteiger partial charge in [0.1, 0.15) is 5.82 Å². The van der Waals surface area contributed by atoms with Crippen LogP contribution in [0.5, 0.6) is 0 Å². The molecule has 0 saturated heterocycles. The van der Waals surface area contributed by atoms with E-state index in [1.165, 1.54) is 6.07 Å². The predicted octanol–water partition coefficient (Wildman–Crippen LogP) is -0.150. The molecule has 5 heteroatoms. The minimum Gasteiger partial charge on any atom is -0.381 e. The third-order valence-corrected chi connectivity index (χ3v) is 1.93. The molecule has 0 aliphatic rings. The Morgan fingerprint density at radius 3 is 3.00 bits per heavy atom. The van der Waals surface area contributed by atoms with E-state index in [9.17, 15) is 4.79 Å². The molecule has 0 saturated carbocycles. The van der Waals surface area contributed by atoms with Gasteiger partial charge >= 0.3 is 0 Å². The first-order chi connectivity index (χ1) is 7.26. The van der Waals surface area contributed by atoms with E-state index in [1.54, 1.807) is 0 Å². The highest BCUT2D eigenvalue weighted by Gasteiger charge is 2.00. The zero-order valence-corrected chi connectivity index (χ0v) is 8.95. The summed E-state index contributed by atoms with van der Waals surface area (Å²) in [4.78, 5) is 18.2. The van der Waals surface area contributed by atoms with Gasteiger partial charge < -0.3 is 15.5 Å². The van der Waals surface area contributed by atoms with Crippen LogP contribution in [0.25, 0.3) is 0 Å². The van der Waals surface area contributed by atoms with Crippen LogP contribution in [0.1, 0.15) is 18.4 Å². The van der Waals surface area contributed by atoms with E-state index in [4.69, 9.17) is 10.5 Å². The molecule has 5 nitrogen and oxygen atoms in total. The second kappa shape index (κ2) is 6.31. The quantitative estimate of drug-likeness (QED) is 0.641. The zero-order valence-electron chi connectivity index (χ0n) is 8.95. The number of H-pyrrole nitrogens is 1. The van der Waals surface area contributed by atoms with E-state index in [2.05, 4.69) is 9.97 Å². The van der Waals surface area contributed by atoms with Gasteiger partial charge in [-0.15, -0.1) is 0 Å². The molecule has 0 atom stereocenters. The van der Waals surface area contributed by atoms with Crippen molar-refractivity contribution in [2.75, 3.05) is 19.8 Å². The van der Waals surface area contributed by atoms with E-state index in [1.807, 2.05) is 6.92 Å². The highest BCUT2D eigenvalue weighted by Crippen LogP contribution is 1.94. The molecule has 0 fully saturated rings. The Balaban J connectivity index is 2.66. The number of hydrogen-bond donors (Lipinski definition) is 2. The van der Waals surface area contributed by atoms with E-state index < -0.39 is 0 Å². The Labute approximate surface area is 88.7 Å². The summed E-state index contributed by atoms with van der Waals surface area (Å²) in [6, 6.07) is 1.48. The maximum atomic E-state index is 11.2. The molecule has 0 spiro atoms. The SMILES string of the molecule is CCOCCc1nc(CCN)cc(=O)[nH]1.